The maximum atomic E-state index is 11.7. The Bertz CT molecular complexity index is 253. The minimum Gasteiger partial charge on any atom is -0.468 e. The van der Waals surface area contributed by atoms with E-state index in [2.05, 4.69) is 11.7 Å². The van der Waals surface area contributed by atoms with Gasteiger partial charge in [-0.1, -0.05) is 19.8 Å². The number of esters is 1. The number of nitrogens with zero attached hydrogens (tertiary/aromatic N) is 1. The first-order valence-electron chi connectivity index (χ1n) is 6.02. The predicted octanol–water partition coefficient (Wildman–Crippen LogP) is 1.59. The lowest BCUT2D eigenvalue weighted by atomic mass is 9.96. The van der Waals surface area contributed by atoms with E-state index in [0.29, 0.717) is 18.9 Å². The molecule has 1 heterocycles. The fourth-order valence-electron chi connectivity index (χ4n) is 2.18. The zero-order chi connectivity index (χ0) is 12.0. The summed E-state index contributed by atoms with van der Waals surface area (Å²) in [5, 5.41) is 0. The molecule has 0 N–H and O–H groups in total. The van der Waals surface area contributed by atoms with Crippen molar-refractivity contribution in [3.8, 4) is 0 Å². The summed E-state index contributed by atoms with van der Waals surface area (Å²) in [6, 6.07) is 0. The third kappa shape index (κ3) is 3.83. The molecular weight excluding hydrogens is 206 g/mol. The van der Waals surface area contributed by atoms with Crippen molar-refractivity contribution in [1.29, 1.82) is 0 Å². The molecule has 1 saturated heterocycles. The molecule has 0 saturated carbocycles. The minimum absolute atomic E-state index is 0.0870. The van der Waals surface area contributed by atoms with Crippen molar-refractivity contribution in [3.63, 3.8) is 0 Å². The molecule has 0 aromatic heterocycles. The largest absolute Gasteiger partial charge is 0.468 e. The highest BCUT2D eigenvalue weighted by molar-refractivity contribution is 5.82. The smallest absolute Gasteiger partial charge is 0.325 e. The van der Waals surface area contributed by atoms with Crippen molar-refractivity contribution in [3.05, 3.63) is 0 Å². The number of amides is 1. The van der Waals surface area contributed by atoms with Gasteiger partial charge >= 0.3 is 5.97 Å². The van der Waals surface area contributed by atoms with Crippen LogP contribution in [0.15, 0.2) is 0 Å². The van der Waals surface area contributed by atoms with E-state index in [9.17, 15) is 9.59 Å². The Hall–Kier alpha value is -1.06. The average Bonchev–Trinajstić information content (AvgIpc) is 2.44. The molecule has 1 aliphatic heterocycles. The van der Waals surface area contributed by atoms with Crippen molar-refractivity contribution in [1.82, 2.24) is 4.90 Å². The SMILES string of the molecule is CCCC1CCC(=O)N(CC(=O)OC)CC1. The van der Waals surface area contributed by atoms with Crippen molar-refractivity contribution < 1.29 is 14.3 Å². The van der Waals surface area contributed by atoms with Crippen molar-refractivity contribution >= 4 is 11.9 Å². The second-order valence-corrected chi connectivity index (χ2v) is 4.37. The van der Waals surface area contributed by atoms with Gasteiger partial charge in [-0.05, 0) is 18.8 Å². The summed E-state index contributed by atoms with van der Waals surface area (Å²) in [5.74, 6) is 0.392. The highest BCUT2D eigenvalue weighted by atomic mass is 16.5. The third-order valence-electron chi connectivity index (χ3n) is 3.17. The molecule has 0 aromatic rings. The maximum absolute atomic E-state index is 11.7. The van der Waals surface area contributed by atoms with Gasteiger partial charge in [0.1, 0.15) is 6.54 Å². The van der Waals surface area contributed by atoms with Crippen LogP contribution >= 0.6 is 0 Å². The van der Waals surface area contributed by atoms with Gasteiger partial charge in [0, 0.05) is 13.0 Å². The van der Waals surface area contributed by atoms with Gasteiger partial charge in [0.15, 0.2) is 0 Å². The minimum atomic E-state index is -0.331. The van der Waals surface area contributed by atoms with Gasteiger partial charge in [-0.3, -0.25) is 9.59 Å². The Morgan fingerprint density at radius 2 is 2.25 bits per heavy atom. The fourth-order valence-corrected chi connectivity index (χ4v) is 2.18. The lowest BCUT2D eigenvalue weighted by molar-refractivity contribution is -0.146. The Morgan fingerprint density at radius 1 is 1.50 bits per heavy atom. The molecular formula is C12H21NO3. The normalized spacial score (nSPS) is 21.8. The summed E-state index contributed by atoms with van der Waals surface area (Å²) < 4.78 is 4.58. The van der Waals surface area contributed by atoms with Gasteiger partial charge in [0.05, 0.1) is 7.11 Å². The van der Waals surface area contributed by atoms with E-state index in [1.165, 1.54) is 13.5 Å². The Morgan fingerprint density at radius 3 is 2.88 bits per heavy atom. The number of carbonyl (C=O) groups is 2. The maximum Gasteiger partial charge on any atom is 0.325 e. The molecule has 4 heteroatoms. The molecule has 16 heavy (non-hydrogen) atoms. The molecule has 4 nitrogen and oxygen atoms in total. The molecule has 0 radical (unpaired) electrons. The number of methoxy groups -OCH3 is 1. The van der Waals surface area contributed by atoms with Gasteiger partial charge in [0.2, 0.25) is 5.91 Å². The molecule has 1 amide bonds. The Kier molecular flexibility index (Phi) is 5.29. The first-order valence-corrected chi connectivity index (χ1v) is 6.02. The summed E-state index contributed by atoms with van der Waals surface area (Å²) in [6.07, 6.45) is 4.89. The van der Waals surface area contributed by atoms with Gasteiger partial charge in [0.25, 0.3) is 0 Å². The lowest BCUT2D eigenvalue weighted by Gasteiger charge is -2.19. The topological polar surface area (TPSA) is 46.6 Å². The van der Waals surface area contributed by atoms with Crippen molar-refractivity contribution in [2.24, 2.45) is 5.92 Å². The van der Waals surface area contributed by atoms with Crippen LogP contribution in [0, 0.1) is 5.92 Å². The van der Waals surface area contributed by atoms with Gasteiger partial charge < -0.3 is 9.64 Å². The zero-order valence-corrected chi connectivity index (χ0v) is 10.2. The zero-order valence-electron chi connectivity index (χ0n) is 10.2. The van der Waals surface area contributed by atoms with E-state index in [1.807, 2.05) is 0 Å². The summed E-state index contributed by atoms with van der Waals surface area (Å²) >= 11 is 0. The number of carbonyl (C=O) groups excluding carboxylic acids is 2. The van der Waals surface area contributed by atoms with E-state index in [4.69, 9.17) is 0 Å². The second-order valence-electron chi connectivity index (χ2n) is 4.37. The van der Waals surface area contributed by atoms with Crippen molar-refractivity contribution in [2.45, 2.75) is 39.0 Å². The molecule has 1 rings (SSSR count). The lowest BCUT2D eigenvalue weighted by Crippen LogP contribution is -2.35. The molecule has 0 spiro atoms. The first-order chi connectivity index (χ1) is 7.67. The monoisotopic (exact) mass is 227 g/mol. The third-order valence-corrected chi connectivity index (χ3v) is 3.17. The van der Waals surface area contributed by atoms with E-state index in [1.54, 1.807) is 4.90 Å². The van der Waals surface area contributed by atoms with Gasteiger partial charge in [-0.15, -0.1) is 0 Å². The van der Waals surface area contributed by atoms with Crippen LogP contribution < -0.4 is 0 Å². The van der Waals surface area contributed by atoms with E-state index in [0.717, 1.165) is 19.3 Å². The molecule has 0 aromatic carbocycles. The van der Waals surface area contributed by atoms with E-state index < -0.39 is 0 Å². The molecule has 0 bridgehead atoms. The molecule has 1 fully saturated rings. The van der Waals surface area contributed by atoms with Gasteiger partial charge in [-0.2, -0.15) is 0 Å². The average molecular weight is 227 g/mol. The number of ether oxygens (including phenoxy) is 1. The molecule has 1 unspecified atom stereocenters. The van der Waals surface area contributed by atoms with Gasteiger partial charge in [-0.25, -0.2) is 0 Å². The number of likely N-dealkylation sites (tertiary alicyclic amines) is 1. The Labute approximate surface area is 96.9 Å². The molecule has 0 aliphatic carbocycles. The number of hydrogen-bond acceptors (Lipinski definition) is 3. The van der Waals surface area contributed by atoms with Crippen molar-refractivity contribution in [2.75, 3.05) is 20.2 Å². The molecule has 1 aliphatic rings. The summed E-state index contributed by atoms with van der Waals surface area (Å²) in [4.78, 5) is 24.5. The highest BCUT2D eigenvalue weighted by Gasteiger charge is 2.23. The first kappa shape index (κ1) is 13.0. The standard InChI is InChI=1S/C12H21NO3/c1-3-4-10-5-6-11(14)13(8-7-10)9-12(15)16-2/h10H,3-9H2,1-2H3. The van der Waals surface area contributed by atoms with Crippen LogP contribution in [0.3, 0.4) is 0 Å². The fraction of sp³-hybridized carbons (Fsp3) is 0.833. The van der Waals surface area contributed by atoms with Crippen LogP contribution in [0.25, 0.3) is 0 Å². The van der Waals surface area contributed by atoms with Crippen LogP contribution in [0.5, 0.6) is 0 Å². The Balaban J connectivity index is 2.47. The predicted molar refractivity (Wildman–Crippen MR) is 60.8 cm³/mol. The van der Waals surface area contributed by atoms with Crippen LogP contribution in [-0.4, -0.2) is 37.0 Å². The summed E-state index contributed by atoms with van der Waals surface area (Å²) in [5.41, 5.74) is 0. The quantitative estimate of drug-likeness (QED) is 0.685. The van der Waals surface area contributed by atoms with E-state index in [-0.39, 0.29) is 18.4 Å². The molecule has 92 valence electrons. The highest BCUT2D eigenvalue weighted by Crippen LogP contribution is 2.22. The van der Waals surface area contributed by atoms with Crippen LogP contribution in [0.2, 0.25) is 0 Å². The summed E-state index contributed by atoms with van der Waals surface area (Å²) in [6.45, 7) is 2.96. The van der Waals surface area contributed by atoms with Crippen LogP contribution in [0.1, 0.15) is 39.0 Å². The van der Waals surface area contributed by atoms with E-state index >= 15 is 0 Å². The number of rotatable bonds is 4. The van der Waals surface area contributed by atoms with Crippen LogP contribution in [0.4, 0.5) is 0 Å². The second kappa shape index (κ2) is 6.51. The van der Waals surface area contributed by atoms with Crippen LogP contribution in [-0.2, 0) is 14.3 Å². The summed E-state index contributed by atoms with van der Waals surface area (Å²) in [7, 11) is 1.35. The number of hydrogen-bond donors (Lipinski definition) is 0. The molecule has 1 atom stereocenters.